The number of thiazole rings is 1. The van der Waals surface area contributed by atoms with Crippen LogP contribution in [0.2, 0.25) is 0 Å². The van der Waals surface area contributed by atoms with Crippen molar-refractivity contribution in [2.45, 2.75) is 13.5 Å². The van der Waals surface area contributed by atoms with Gasteiger partial charge in [-0.25, -0.2) is 4.98 Å². The second-order valence-corrected chi connectivity index (χ2v) is 6.02. The lowest BCUT2D eigenvalue weighted by molar-refractivity contribution is -0.386. The van der Waals surface area contributed by atoms with E-state index in [0.717, 1.165) is 10.2 Å². The molecule has 8 nitrogen and oxygen atoms in total. The fraction of sp³-hybridized carbons (Fsp3) is 0.188. The van der Waals surface area contributed by atoms with Crippen LogP contribution < -0.4 is 4.74 Å². The predicted molar refractivity (Wildman–Crippen MR) is 93.8 cm³/mol. The van der Waals surface area contributed by atoms with E-state index in [0.29, 0.717) is 10.7 Å². The summed E-state index contributed by atoms with van der Waals surface area (Å²) in [5.74, 6) is -0.430. The molecule has 3 aromatic rings. The molecule has 128 valence electrons. The van der Waals surface area contributed by atoms with Crippen LogP contribution in [0, 0.1) is 10.1 Å². The third-order valence-corrected chi connectivity index (χ3v) is 4.22. The molecule has 0 radical (unpaired) electrons. The van der Waals surface area contributed by atoms with Crippen molar-refractivity contribution >= 4 is 32.4 Å². The minimum Gasteiger partial charge on any atom is -0.500 e. The van der Waals surface area contributed by atoms with Crippen LogP contribution in [0.4, 0.5) is 10.8 Å². The van der Waals surface area contributed by atoms with Gasteiger partial charge in [0.05, 0.1) is 28.3 Å². The molecule has 0 aliphatic carbocycles. The summed E-state index contributed by atoms with van der Waals surface area (Å²) in [4.78, 5) is 14.7. The minimum atomic E-state index is -0.661. The van der Waals surface area contributed by atoms with E-state index in [4.69, 9.17) is 4.74 Å². The van der Waals surface area contributed by atoms with Gasteiger partial charge in [-0.2, -0.15) is 5.11 Å². The van der Waals surface area contributed by atoms with Gasteiger partial charge in [0, 0.05) is 6.07 Å². The van der Waals surface area contributed by atoms with Crippen LogP contribution in [-0.4, -0.2) is 21.6 Å². The molecule has 0 aliphatic rings. The maximum absolute atomic E-state index is 11.1. The van der Waals surface area contributed by atoms with Crippen molar-refractivity contribution < 1.29 is 14.8 Å². The number of benzene rings is 2. The second-order valence-electron chi connectivity index (χ2n) is 5.02. The van der Waals surface area contributed by atoms with E-state index < -0.39 is 16.4 Å². The van der Waals surface area contributed by atoms with Crippen LogP contribution >= 0.6 is 11.3 Å². The summed E-state index contributed by atoms with van der Waals surface area (Å²) in [5, 5.41) is 29.6. The van der Waals surface area contributed by atoms with E-state index in [1.807, 2.05) is 24.3 Å². The summed E-state index contributed by atoms with van der Waals surface area (Å²) in [6, 6.07) is 10.4. The Balaban J connectivity index is 1.83. The summed E-state index contributed by atoms with van der Waals surface area (Å²) < 4.78 is 6.25. The summed E-state index contributed by atoms with van der Waals surface area (Å²) in [5.41, 5.74) is 0.939. The van der Waals surface area contributed by atoms with Crippen molar-refractivity contribution in [3.63, 3.8) is 0 Å². The summed E-state index contributed by atoms with van der Waals surface area (Å²) in [6.07, 6.45) is 0. The maximum atomic E-state index is 11.1. The Hall–Kier alpha value is -3.07. The SMILES string of the molecule is CCOc1cc(CN=Nc2nc3ccccc3s2)cc([N+](=O)[O-])c1O. The molecular weight excluding hydrogens is 344 g/mol. The van der Waals surface area contributed by atoms with E-state index in [1.165, 1.54) is 23.5 Å². The fourth-order valence-corrected chi connectivity index (χ4v) is 3.03. The molecule has 0 saturated carbocycles. The van der Waals surface area contributed by atoms with Gasteiger partial charge in [0.2, 0.25) is 10.9 Å². The van der Waals surface area contributed by atoms with Gasteiger partial charge in [-0.05, 0) is 30.7 Å². The Bertz CT molecular complexity index is 921. The summed E-state index contributed by atoms with van der Waals surface area (Å²) in [7, 11) is 0. The zero-order chi connectivity index (χ0) is 17.8. The number of nitro groups is 1. The molecule has 0 bridgehead atoms. The highest BCUT2D eigenvalue weighted by atomic mass is 32.1. The van der Waals surface area contributed by atoms with Gasteiger partial charge in [0.15, 0.2) is 5.75 Å². The zero-order valence-electron chi connectivity index (χ0n) is 13.2. The average molecular weight is 358 g/mol. The molecule has 0 amide bonds. The Morgan fingerprint density at radius 3 is 2.88 bits per heavy atom. The summed E-state index contributed by atoms with van der Waals surface area (Å²) >= 11 is 1.41. The van der Waals surface area contributed by atoms with Crippen molar-refractivity contribution in [1.82, 2.24) is 4.98 Å². The Labute approximate surface area is 146 Å². The van der Waals surface area contributed by atoms with Gasteiger partial charge in [-0.15, -0.1) is 5.11 Å². The number of hydrogen-bond acceptors (Lipinski definition) is 8. The molecule has 1 N–H and O–H groups in total. The molecule has 0 saturated heterocycles. The van der Waals surface area contributed by atoms with Crippen LogP contribution in [0.1, 0.15) is 12.5 Å². The lowest BCUT2D eigenvalue weighted by Crippen LogP contribution is -1.97. The predicted octanol–water partition coefficient (Wildman–Crippen LogP) is 4.59. The number of aromatic nitrogens is 1. The smallest absolute Gasteiger partial charge is 0.315 e. The molecular formula is C16H14N4O4S. The normalized spacial score (nSPS) is 11.2. The first-order valence-corrected chi connectivity index (χ1v) is 8.26. The number of rotatable bonds is 6. The minimum absolute atomic E-state index is 0.0573. The highest BCUT2D eigenvalue weighted by Gasteiger charge is 2.20. The third-order valence-electron chi connectivity index (χ3n) is 3.30. The van der Waals surface area contributed by atoms with Crippen molar-refractivity contribution in [3.05, 3.63) is 52.1 Å². The highest BCUT2D eigenvalue weighted by Crippen LogP contribution is 2.37. The Kier molecular flexibility index (Phi) is 4.85. The van der Waals surface area contributed by atoms with Crippen LogP contribution in [0.5, 0.6) is 11.5 Å². The molecule has 0 unspecified atom stereocenters. The first-order valence-electron chi connectivity index (χ1n) is 7.44. The largest absolute Gasteiger partial charge is 0.500 e. The maximum Gasteiger partial charge on any atom is 0.315 e. The lowest BCUT2D eigenvalue weighted by atomic mass is 10.1. The number of phenols is 1. The van der Waals surface area contributed by atoms with Gasteiger partial charge in [0.1, 0.15) is 0 Å². The average Bonchev–Trinajstić information content (AvgIpc) is 3.00. The van der Waals surface area contributed by atoms with Gasteiger partial charge in [-0.1, -0.05) is 23.5 Å². The third kappa shape index (κ3) is 3.72. The van der Waals surface area contributed by atoms with Crippen molar-refractivity contribution in [2.24, 2.45) is 10.2 Å². The number of para-hydroxylation sites is 1. The number of aromatic hydroxyl groups is 1. The van der Waals surface area contributed by atoms with Crippen LogP contribution in [-0.2, 0) is 6.54 Å². The number of phenolic OH excluding ortho intramolecular Hbond substituents is 1. The van der Waals surface area contributed by atoms with Crippen LogP contribution in [0.15, 0.2) is 46.6 Å². The van der Waals surface area contributed by atoms with E-state index in [1.54, 1.807) is 6.92 Å². The number of nitro benzene ring substituents is 1. The molecule has 25 heavy (non-hydrogen) atoms. The van der Waals surface area contributed by atoms with E-state index in [-0.39, 0.29) is 18.9 Å². The molecule has 0 spiro atoms. The standard InChI is InChI=1S/C16H14N4O4S/c1-2-24-13-8-10(7-12(15(13)21)20(22)23)9-17-19-16-18-11-5-3-4-6-14(11)25-16/h3-8,21H,2,9H2,1H3. The topological polar surface area (TPSA) is 110 Å². The van der Waals surface area contributed by atoms with E-state index in [2.05, 4.69) is 15.2 Å². The Morgan fingerprint density at radius 2 is 2.16 bits per heavy atom. The quantitative estimate of drug-likeness (QED) is 0.393. The fourth-order valence-electron chi connectivity index (χ4n) is 2.22. The molecule has 0 fully saturated rings. The molecule has 0 aliphatic heterocycles. The highest BCUT2D eigenvalue weighted by molar-refractivity contribution is 7.21. The molecule has 9 heteroatoms. The lowest BCUT2D eigenvalue weighted by Gasteiger charge is -2.07. The first-order chi connectivity index (χ1) is 12.1. The molecule has 1 heterocycles. The molecule has 1 aromatic heterocycles. The summed E-state index contributed by atoms with van der Waals surface area (Å²) in [6.45, 7) is 2.11. The number of hydrogen-bond donors (Lipinski definition) is 1. The van der Waals surface area contributed by atoms with Gasteiger partial charge < -0.3 is 9.84 Å². The number of nitrogens with zero attached hydrogens (tertiary/aromatic N) is 4. The first kappa shape index (κ1) is 16.8. The molecule has 0 atom stereocenters. The van der Waals surface area contributed by atoms with E-state index in [9.17, 15) is 15.2 Å². The van der Waals surface area contributed by atoms with Crippen molar-refractivity contribution in [3.8, 4) is 11.5 Å². The number of fused-ring (bicyclic) bond motifs is 1. The number of ether oxygens (including phenoxy) is 1. The van der Waals surface area contributed by atoms with Crippen LogP contribution in [0.3, 0.4) is 0 Å². The van der Waals surface area contributed by atoms with Gasteiger partial charge in [-0.3, -0.25) is 10.1 Å². The monoisotopic (exact) mass is 358 g/mol. The van der Waals surface area contributed by atoms with Crippen molar-refractivity contribution in [1.29, 1.82) is 0 Å². The zero-order valence-corrected chi connectivity index (χ0v) is 14.1. The Morgan fingerprint density at radius 1 is 1.36 bits per heavy atom. The van der Waals surface area contributed by atoms with Gasteiger partial charge in [0.25, 0.3) is 0 Å². The van der Waals surface area contributed by atoms with Crippen LogP contribution in [0.25, 0.3) is 10.2 Å². The number of azo groups is 1. The molecule has 2 aromatic carbocycles. The molecule has 3 rings (SSSR count). The van der Waals surface area contributed by atoms with E-state index >= 15 is 0 Å². The second kappa shape index (κ2) is 7.22. The van der Waals surface area contributed by atoms with Gasteiger partial charge >= 0.3 is 5.69 Å². The van der Waals surface area contributed by atoms with Crippen molar-refractivity contribution in [2.75, 3.05) is 6.61 Å².